The highest BCUT2D eigenvalue weighted by Crippen LogP contribution is 2.18. The largest absolute Gasteiger partial charge is 0.348 e. The second-order valence-electron chi connectivity index (χ2n) is 6.37. The third kappa shape index (κ3) is 4.29. The van der Waals surface area contributed by atoms with Gasteiger partial charge in [0.1, 0.15) is 18.1 Å². The van der Waals surface area contributed by atoms with Crippen molar-refractivity contribution in [3.05, 3.63) is 66.0 Å². The number of aromatic nitrogens is 2. The van der Waals surface area contributed by atoms with Crippen molar-refractivity contribution in [1.82, 2.24) is 14.9 Å². The van der Waals surface area contributed by atoms with E-state index in [0.29, 0.717) is 11.3 Å². The van der Waals surface area contributed by atoms with E-state index in [2.05, 4.69) is 10.3 Å². The van der Waals surface area contributed by atoms with Crippen molar-refractivity contribution < 1.29 is 13.2 Å². The van der Waals surface area contributed by atoms with Gasteiger partial charge in [-0.05, 0) is 24.6 Å². The summed E-state index contributed by atoms with van der Waals surface area (Å²) >= 11 is 0. The van der Waals surface area contributed by atoms with Crippen LogP contribution in [0, 0.1) is 0 Å². The number of sulfone groups is 1. The molecule has 0 saturated heterocycles. The van der Waals surface area contributed by atoms with Crippen LogP contribution < -0.4 is 5.32 Å². The third-order valence-corrected chi connectivity index (χ3v) is 4.89. The van der Waals surface area contributed by atoms with Crippen LogP contribution in [0.15, 0.2) is 54.6 Å². The van der Waals surface area contributed by atoms with Crippen LogP contribution >= 0.6 is 0 Å². The molecule has 0 radical (unpaired) electrons. The average Bonchev–Trinajstić information content (AvgIpc) is 2.91. The molecule has 0 spiro atoms. The van der Waals surface area contributed by atoms with Gasteiger partial charge in [-0.25, -0.2) is 13.4 Å². The lowest BCUT2D eigenvalue weighted by Gasteiger charge is -2.15. The molecule has 7 heteroatoms. The minimum atomic E-state index is -3.26. The molecule has 0 aliphatic carbocycles. The fraction of sp³-hybridized carbons (Fsp3) is 0.263. The molecule has 1 N–H and O–H groups in total. The van der Waals surface area contributed by atoms with Crippen LogP contribution in [0.2, 0.25) is 0 Å². The van der Waals surface area contributed by atoms with E-state index >= 15 is 0 Å². The summed E-state index contributed by atoms with van der Waals surface area (Å²) in [4.78, 5) is 16.9. The summed E-state index contributed by atoms with van der Waals surface area (Å²) < 4.78 is 25.1. The zero-order valence-electron chi connectivity index (χ0n) is 14.7. The first-order valence-corrected chi connectivity index (χ1v) is 10.4. The van der Waals surface area contributed by atoms with Crippen LogP contribution in [0.5, 0.6) is 0 Å². The summed E-state index contributed by atoms with van der Waals surface area (Å²) in [5.41, 5.74) is 2.43. The maximum absolute atomic E-state index is 12.5. The molecule has 3 rings (SSSR count). The van der Waals surface area contributed by atoms with Crippen molar-refractivity contribution in [2.24, 2.45) is 0 Å². The predicted octanol–water partition coefficient (Wildman–Crippen LogP) is 2.46. The van der Waals surface area contributed by atoms with E-state index in [4.69, 9.17) is 0 Å². The van der Waals surface area contributed by atoms with Crippen molar-refractivity contribution in [3.8, 4) is 0 Å². The Balaban J connectivity index is 1.85. The van der Waals surface area contributed by atoms with Crippen LogP contribution in [0.25, 0.3) is 11.0 Å². The van der Waals surface area contributed by atoms with Gasteiger partial charge in [0.15, 0.2) is 9.84 Å². The van der Waals surface area contributed by atoms with E-state index in [1.165, 1.54) is 0 Å². The van der Waals surface area contributed by atoms with E-state index in [1.807, 2.05) is 61.5 Å². The van der Waals surface area contributed by atoms with Crippen LogP contribution in [-0.4, -0.2) is 30.1 Å². The van der Waals surface area contributed by atoms with E-state index in [1.54, 1.807) is 4.57 Å². The van der Waals surface area contributed by atoms with Crippen LogP contribution in [-0.2, 0) is 26.9 Å². The molecule has 136 valence electrons. The number of carbonyl (C=O) groups excluding carboxylic acids is 1. The summed E-state index contributed by atoms with van der Waals surface area (Å²) in [6.07, 6.45) is 1.16. The lowest BCUT2D eigenvalue weighted by molar-refractivity contribution is -0.122. The number of benzene rings is 2. The molecule has 0 bridgehead atoms. The Kier molecular flexibility index (Phi) is 5.08. The Morgan fingerprint density at radius 2 is 1.77 bits per heavy atom. The van der Waals surface area contributed by atoms with E-state index < -0.39 is 9.84 Å². The molecule has 0 aliphatic heterocycles. The predicted molar refractivity (Wildman–Crippen MR) is 101 cm³/mol. The number of hydrogen-bond donors (Lipinski definition) is 1. The van der Waals surface area contributed by atoms with Gasteiger partial charge >= 0.3 is 0 Å². The molecule has 0 aliphatic rings. The number of nitrogens with zero attached hydrogens (tertiary/aromatic N) is 2. The molecule has 1 aromatic heterocycles. The highest BCUT2D eigenvalue weighted by atomic mass is 32.2. The highest BCUT2D eigenvalue weighted by Gasteiger charge is 2.18. The van der Waals surface area contributed by atoms with Crippen LogP contribution in [0.3, 0.4) is 0 Å². The summed E-state index contributed by atoms with van der Waals surface area (Å²) in [5, 5.41) is 2.95. The molecule has 0 fully saturated rings. The monoisotopic (exact) mass is 371 g/mol. The van der Waals surface area contributed by atoms with Crippen LogP contribution in [0.1, 0.15) is 24.4 Å². The topological polar surface area (TPSA) is 81.1 Å². The van der Waals surface area contributed by atoms with Gasteiger partial charge in [-0.3, -0.25) is 4.79 Å². The third-order valence-electron chi connectivity index (χ3n) is 4.10. The lowest BCUT2D eigenvalue weighted by atomic mass is 10.1. The molecular formula is C19H21N3O3S. The number of carbonyl (C=O) groups is 1. The lowest BCUT2D eigenvalue weighted by Crippen LogP contribution is -2.30. The molecule has 1 amide bonds. The molecule has 0 saturated carbocycles. The number of fused-ring (bicyclic) bond motifs is 1. The first kappa shape index (κ1) is 18.1. The Labute approximate surface area is 152 Å². The quantitative estimate of drug-likeness (QED) is 0.722. The number of rotatable bonds is 6. The van der Waals surface area contributed by atoms with Crippen molar-refractivity contribution in [1.29, 1.82) is 0 Å². The molecule has 26 heavy (non-hydrogen) atoms. The molecule has 3 aromatic rings. The standard InChI is InChI=1S/C19H21N3O3S/c1-14(15-8-4-3-5-9-15)20-19(23)12-22-17-11-7-6-10-16(17)21-18(22)13-26(2,24)25/h3-11,14H,12-13H2,1-2H3,(H,20,23)/t14-/m0/s1. The Bertz CT molecular complexity index is 1030. The molecule has 1 atom stereocenters. The summed E-state index contributed by atoms with van der Waals surface area (Å²) in [5.74, 6) is -0.0288. The van der Waals surface area contributed by atoms with E-state index in [-0.39, 0.29) is 24.2 Å². The maximum Gasteiger partial charge on any atom is 0.240 e. The SMILES string of the molecule is C[C@H](NC(=O)Cn1c(CS(C)(=O)=O)nc2ccccc21)c1ccccc1. The minimum Gasteiger partial charge on any atom is -0.348 e. The normalized spacial score (nSPS) is 12.8. The van der Waals surface area contributed by atoms with Crippen molar-refractivity contribution in [3.63, 3.8) is 0 Å². The van der Waals surface area contributed by atoms with Gasteiger partial charge in [-0.15, -0.1) is 0 Å². The van der Waals surface area contributed by atoms with Gasteiger partial charge in [0.2, 0.25) is 5.91 Å². The van der Waals surface area contributed by atoms with Crippen molar-refractivity contribution in [2.75, 3.05) is 6.26 Å². The van der Waals surface area contributed by atoms with Gasteiger partial charge in [0, 0.05) is 6.26 Å². The van der Waals surface area contributed by atoms with Gasteiger partial charge in [-0.2, -0.15) is 0 Å². The Morgan fingerprint density at radius 1 is 1.12 bits per heavy atom. The molecular weight excluding hydrogens is 350 g/mol. The molecule has 0 unspecified atom stereocenters. The number of para-hydroxylation sites is 2. The van der Waals surface area contributed by atoms with Gasteiger partial charge in [0.25, 0.3) is 0 Å². The van der Waals surface area contributed by atoms with Crippen molar-refractivity contribution in [2.45, 2.75) is 25.3 Å². The van der Waals surface area contributed by atoms with Crippen LogP contribution in [0.4, 0.5) is 0 Å². The number of amides is 1. The number of hydrogen-bond acceptors (Lipinski definition) is 4. The average molecular weight is 371 g/mol. The summed E-state index contributed by atoms with van der Waals surface area (Å²) in [6, 6.07) is 16.8. The Hall–Kier alpha value is -2.67. The van der Waals surface area contributed by atoms with E-state index in [9.17, 15) is 13.2 Å². The fourth-order valence-corrected chi connectivity index (χ4v) is 3.59. The van der Waals surface area contributed by atoms with E-state index in [0.717, 1.165) is 17.3 Å². The Morgan fingerprint density at radius 3 is 2.46 bits per heavy atom. The minimum absolute atomic E-state index is 0.0164. The summed E-state index contributed by atoms with van der Waals surface area (Å²) in [6.45, 7) is 1.93. The molecule has 2 aromatic carbocycles. The second kappa shape index (κ2) is 7.29. The summed E-state index contributed by atoms with van der Waals surface area (Å²) in [7, 11) is -3.26. The zero-order valence-corrected chi connectivity index (χ0v) is 15.5. The fourth-order valence-electron chi connectivity index (χ4n) is 2.90. The second-order valence-corrected chi connectivity index (χ2v) is 8.51. The number of imidazole rings is 1. The molecule has 6 nitrogen and oxygen atoms in total. The van der Waals surface area contributed by atoms with Gasteiger partial charge in [-0.1, -0.05) is 42.5 Å². The maximum atomic E-state index is 12.5. The van der Waals surface area contributed by atoms with Gasteiger partial charge in [0.05, 0.1) is 17.1 Å². The van der Waals surface area contributed by atoms with Gasteiger partial charge < -0.3 is 9.88 Å². The first-order chi connectivity index (χ1) is 12.3. The van der Waals surface area contributed by atoms with Crippen molar-refractivity contribution >= 4 is 26.8 Å². The molecule has 1 heterocycles. The zero-order chi connectivity index (χ0) is 18.7. The first-order valence-electron chi connectivity index (χ1n) is 8.29. The number of nitrogens with one attached hydrogen (secondary N) is 1. The smallest absolute Gasteiger partial charge is 0.240 e. The highest BCUT2D eigenvalue weighted by molar-refractivity contribution is 7.89.